The molecule has 1 fully saturated rings. The molecule has 1 heterocycles. The van der Waals surface area contributed by atoms with Crippen LogP contribution in [0.15, 0.2) is 29.8 Å². The van der Waals surface area contributed by atoms with Crippen LogP contribution >= 0.6 is 0 Å². The van der Waals surface area contributed by atoms with E-state index in [4.69, 9.17) is 5.11 Å². The zero-order valence-corrected chi connectivity index (χ0v) is 11.9. The first-order valence-electron chi connectivity index (χ1n) is 7.40. The molecular formula is C17H21NO2. The lowest BCUT2D eigenvalue weighted by Crippen LogP contribution is -2.35. The van der Waals surface area contributed by atoms with E-state index < -0.39 is 5.97 Å². The zero-order chi connectivity index (χ0) is 14.1. The first-order chi connectivity index (χ1) is 9.66. The van der Waals surface area contributed by atoms with Crippen LogP contribution in [0.25, 0.3) is 5.57 Å². The number of piperidine rings is 1. The molecule has 0 bridgehead atoms. The summed E-state index contributed by atoms with van der Waals surface area (Å²) in [5.41, 5.74) is 5.94. The average Bonchev–Trinajstić information content (AvgIpc) is 2.73. The van der Waals surface area contributed by atoms with Gasteiger partial charge in [0.1, 0.15) is 0 Å². The van der Waals surface area contributed by atoms with Crippen molar-refractivity contribution >= 4 is 11.5 Å². The molecule has 0 saturated carbocycles. The number of benzene rings is 1. The van der Waals surface area contributed by atoms with Crippen LogP contribution in [0.2, 0.25) is 0 Å². The summed E-state index contributed by atoms with van der Waals surface area (Å²) in [4.78, 5) is 13.0. The van der Waals surface area contributed by atoms with Crippen molar-refractivity contribution in [2.24, 2.45) is 0 Å². The number of hydrogen-bond donors (Lipinski definition) is 1. The van der Waals surface area contributed by atoms with Gasteiger partial charge in [-0.2, -0.15) is 0 Å². The Morgan fingerprint density at radius 3 is 3.00 bits per heavy atom. The molecule has 3 heteroatoms. The molecule has 1 aromatic carbocycles. The van der Waals surface area contributed by atoms with E-state index >= 15 is 0 Å². The molecule has 1 N–H and O–H groups in total. The summed E-state index contributed by atoms with van der Waals surface area (Å²) in [6.45, 7) is 5.26. The van der Waals surface area contributed by atoms with Gasteiger partial charge < -0.3 is 10.0 Å². The summed E-state index contributed by atoms with van der Waals surface area (Å²) >= 11 is 0. The fourth-order valence-electron chi connectivity index (χ4n) is 3.62. The van der Waals surface area contributed by atoms with Crippen LogP contribution in [0, 0.1) is 0 Å². The van der Waals surface area contributed by atoms with Crippen LogP contribution in [0.1, 0.15) is 43.2 Å². The fourth-order valence-corrected chi connectivity index (χ4v) is 3.62. The number of likely N-dealkylation sites (tertiary alicyclic amines) is 1. The van der Waals surface area contributed by atoms with E-state index in [-0.39, 0.29) is 6.42 Å². The summed E-state index contributed by atoms with van der Waals surface area (Å²) in [6.07, 6.45) is 2.15. The van der Waals surface area contributed by atoms with Crippen molar-refractivity contribution in [1.29, 1.82) is 0 Å². The third kappa shape index (κ3) is 2.38. The van der Waals surface area contributed by atoms with E-state index in [1.54, 1.807) is 5.57 Å². The molecule has 0 amide bonds. The molecule has 20 heavy (non-hydrogen) atoms. The van der Waals surface area contributed by atoms with E-state index in [1.165, 1.54) is 16.7 Å². The Bertz CT molecular complexity index is 562. The van der Waals surface area contributed by atoms with Gasteiger partial charge in [0.2, 0.25) is 0 Å². The third-order valence-corrected chi connectivity index (χ3v) is 4.65. The van der Waals surface area contributed by atoms with Crippen LogP contribution in [0.5, 0.6) is 0 Å². The highest BCUT2D eigenvalue weighted by atomic mass is 16.4. The highest BCUT2D eigenvalue weighted by Gasteiger charge is 2.33. The zero-order valence-electron chi connectivity index (χ0n) is 11.9. The Labute approximate surface area is 119 Å². The van der Waals surface area contributed by atoms with E-state index in [9.17, 15) is 4.79 Å². The van der Waals surface area contributed by atoms with Crippen LogP contribution in [-0.2, 0) is 4.79 Å². The number of allylic oxidation sites excluding steroid dienone is 1. The fraction of sp³-hybridized carbons (Fsp3) is 0.471. The second kappa shape index (κ2) is 5.41. The number of hydrogen-bond acceptors (Lipinski definition) is 2. The number of fused-ring (bicyclic) bond motifs is 3. The standard InChI is InChI=1S/C17H21NO2/c1-12-13-5-2-3-6-15(13)16-11-18(10-8-14(12)16)9-4-7-17(19)20/h2-3,5-6,16H,4,7-11H2,1H3,(H,19,20). The summed E-state index contributed by atoms with van der Waals surface area (Å²) < 4.78 is 0. The molecule has 1 saturated heterocycles. The van der Waals surface area contributed by atoms with Crippen molar-refractivity contribution in [1.82, 2.24) is 4.90 Å². The molecular weight excluding hydrogens is 250 g/mol. The van der Waals surface area contributed by atoms with Crippen molar-refractivity contribution < 1.29 is 9.90 Å². The first-order valence-corrected chi connectivity index (χ1v) is 7.40. The predicted octanol–water partition coefficient (Wildman–Crippen LogP) is 3.13. The largest absolute Gasteiger partial charge is 0.481 e. The van der Waals surface area contributed by atoms with Gasteiger partial charge in [0, 0.05) is 25.4 Å². The van der Waals surface area contributed by atoms with E-state index in [1.807, 2.05) is 0 Å². The number of carboxylic acids is 1. The van der Waals surface area contributed by atoms with Gasteiger partial charge in [-0.15, -0.1) is 0 Å². The van der Waals surface area contributed by atoms with Crippen molar-refractivity contribution in [2.45, 2.75) is 32.1 Å². The van der Waals surface area contributed by atoms with Gasteiger partial charge in [-0.05, 0) is 43.0 Å². The topological polar surface area (TPSA) is 40.5 Å². The van der Waals surface area contributed by atoms with Crippen LogP contribution in [-0.4, -0.2) is 35.6 Å². The first kappa shape index (κ1) is 13.4. The summed E-state index contributed by atoms with van der Waals surface area (Å²) in [5.74, 6) is -0.158. The van der Waals surface area contributed by atoms with Crippen molar-refractivity contribution in [3.63, 3.8) is 0 Å². The maximum atomic E-state index is 10.6. The number of carboxylic acid groups (broad SMARTS) is 1. The highest BCUT2D eigenvalue weighted by Crippen LogP contribution is 2.45. The Morgan fingerprint density at radius 1 is 1.40 bits per heavy atom. The summed E-state index contributed by atoms with van der Waals surface area (Å²) in [6, 6.07) is 8.71. The number of aliphatic carboxylic acids is 1. The normalized spacial score (nSPS) is 21.8. The van der Waals surface area contributed by atoms with Gasteiger partial charge in [-0.3, -0.25) is 4.79 Å². The van der Waals surface area contributed by atoms with Gasteiger partial charge in [-0.25, -0.2) is 0 Å². The van der Waals surface area contributed by atoms with Crippen LogP contribution in [0.4, 0.5) is 0 Å². The summed E-state index contributed by atoms with van der Waals surface area (Å²) in [7, 11) is 0. The van der Waals surface area contributed by atoms with Crippen LogP contribution < -0.4 is 0 Å². The molecule has 1 aliphatic carbocycles. The van der Waals surface area contributed by atoms with Gasteiger partial charge in [0.15, 0.2) is 0 Å². The number of nitrogens with zero attached hydrogens (tertiary/aromatic N) is 1. The molecule has 3 nitrogen and oxygen atoms in total. The lowest BCUT2D eigenvalue weighted by atomic mass is 9.89. The molecule has 1 aliphatic heterocycles. The maximum Gasteiger partial charge on any atom is 0.303 e. The molecule has 2 aliphatic rings. The Balaban J connectivity index is 1.71. The Hall–Kier alpha value is -1.61. The number of rotatable bonds is 4. The molecule has 0 aromatic heterocycles. The van der Waals surface area contributed by atoms with E-state index in [2.05, 4.69) is 36.1 Å². The lowest BCUT2D eigenvalue weighted by molar-refractivity contribution is -0.137. The minimum Gasteiger partial charge on any atom is -0.481 e. The SMILES string of the molecule is CC1=C2CCN(CCCC(=O)O)CC2c2ccccc21. The molecule has 0 spiro atoms. The number of carbonyl (C=O) groups is 1. The molecule has 1 atom stereocenters. The van der Waals surface area contributed by atoms with Gasteiger partial charge in [0.05, 0.1) is 0 Å². The van der Waals surface area contributed by atoms with Gasteiger partial charge in [-0.1, -0.05) is 29.8 Å². The Kier molecular flexibility index (Phi) is 3.62. The monoisotopic (exact) mass is 271 g/mol. The quantitative estimate of drug-likeness (QED) is 0.914. The molecule has 0 radical (unpaired) electrons. The van der Waals surface area contributed by atoms with Gasteiger partial charge >= 0.3 is 5.97 Å². The molecule has 1 aromatic rings. The molecule has 106 valence electrons. The highest BCUT2D eigenvalue weighted by molar-refractivity contribution is 5.77. The smallest absolute Gasteiger partial charge is 0.303 e. The molecule has 1 unspecified atom stereocenters. The second-order valence-electron chi connectivity index (χ2n) is 5.84. The van der Waals surface area contributed by atoms with Crippen molar-refractivity contribution in [3.05, 3.63) is 41.0 Å². The van der Waals surface area contributed by atoms with Crippen molar-refractivity contribution in [3.8, 4) is 0 Å². The minimum atomic E-state index is -0.690. The second-order valence-corrected chi connectivity index (χ2v) is 5.84. The minimum absolute atomic E-state index is 0.277. The summed E-state index contributed by atoms with van der Waals surface area (Å²) in [5, 5.41) is 8.73. The van der Waals surface area contributed by atoms with E-state index in [0.717, 1.165) is 32.5 Å². The lowest BCUT2D eigenvalue weighted by Gasteiger charge is -2.33. The molecule has 3 rings (SSSR count). The van der Waals surface area contributed by atoms with Crippen molar-refractivity contribution in [2.75, 3.05) is 19.6 Å². The third-order valence-electron chi connectivity index (χ3n) is 4.65. The average molecular weight is 271 g/mol. The Morgan fingerprint density at radius 2 is 2.20 bits per heavy atom. The van der Waals surface area contributed by atoms with Gasteiger partial charge in [0.25, 0.3) is 0 Å². The van der Waals surface area contributed by atoms with Crippen LogP contribution in [0.3, 0.4) is 0 Å². The van der Waals surface area contributed by atoms with E-state index in [0.29, 0.717) is 5.92 Å². The maximum absolute atomic E-state index is 10.6. The predicted molar refractivity (Wildman–Crippen MR) is 79.7 cm³/mol.